The maximum Gasteiger partial charge on any atom is 0.250 e. The van der Waals surface area contributed by atoms with Crippen LogP contribution in [-0.4, -0.2) is 24.4 Å². The van der Waals surface area contributed by atoms with E-state index in [1.807, 2.05) is 6.07 Å². The standard InChI is InChI=1S/C12H16N2O2S/c13-11-9(12(14)15)4-1-5-10(11)17-7-8-3-2-6-16-8/h1,4-5,8H,2-3,6-7,13H2,(H2,14,15). The van der Waals surface area contributed by atoms with Crippen molar-refractivity contribution in [1.29, 1.82) is 0 Å². The summed E-state index contributed by atoms with van der Waals surface area (Å²) in [7, 11) is 0. The Labute approximate surface area is 105 Å². The number of anilines is 1. The van der Waals surface area contributed by atoms with Crippen LogP contribution in [-0.2, 0) is 4.74 Å². The normalized spacial score (nSPS) is 19.4. The number of benzene rings is 1. The van der Waals surface area contributed by atoms with Crippen molar-refractivity contribution in [3.05, 3.63) is 23.8 Å². The minimum atomic E-state index is -0.484. The van der Waals surface area contributed by atoms with Crippen LogP contribution in [0.25, 0.3) is 0 Å². The molecular weight excluding hydrogens is 236 g/mol. The smallest absolute Gasteiger partial charge is 0.250 e. The van der Waals surface area contributed by atoms with Crippen molar-refractivity contribution >= 4 is 23.4 Å². The highest BCUT2D eigenvalue weighted by molar-refractivity contribution is 7.99. The Morgan fingerprint density at radius 1 is 1.53 bits per heavy atom. The summed E-state index contributed by atoms with van der Waals surface area (Å²) < 4.78 is 5.54. The molecule has 1 aliphatic heterocycles. The summed E-state index contributed by atoms with van der Waals surface area (Å²) in [6, 6.07) is 5.35. The third kappa shape index (κ3) is 2.92. The third-order valence-corrected chi connectivity index (χ3v) is 3.99. The van der Waals surface area contributed by atoms with Crippen LogP contribution >= 0.6 is 11.8 Å². The van der Waals surface area contributed by atoms with Gasteiger partial charge in [-0.1, -0.05) is 6.07 Å². The Morgan fingerprint density at radius 2 is 2.35 bits per heavy atom. The van der Waals surface area contributed by atoms with Crippen LogP contribution in [0.2, 0.25) is 0 Å². The highest BCUT2D eigenvalue weighted by Crippen LogP contribution is 2.30. The predicted molar refractivity (Wildman–Crippen MR) is 69.1 cm³/mol. The zero-order valence-corrected chi connectivity index (χ0v) is 10.3. The Bertz CT molecular complexity index is 417. The summed E-state index contributed by atoms with van der Waals surface area (Å²) in [6.45, 7) is 0.849. The van der Waals surface area contributed by atoms with Gasteiger partial charge in [0.15, 0.2) is 0 Å². The second kappa shape index (κ2) is 5.42. The molecule has 0 radical (unpaired) electrons. The van der Waals surface area contributed by atoms with Crippen molar-refractivity contribution in [3.63, 3.8) is 0 Å². The molecule has 0 aliphatic carbocycles. The molecule has 1 fully saturated rings. The summed E-state index contributed by atoms with van der Waals surface area (Å²) in [5.41, 5.74) is 12.0. The predicted octanol–water partition coefficient (Wildman–Crippen LogP) is 1.64. The number of hydrogen-bond donors (Lipinski definition) is 2. The van der Waals surface area contributed by atoms with Gasteiger partial charge in [0.05, 0.1) is 17.4 Å². The molecule has 0 spiro atoms. The first kappa shape index (κ1) is 12.3. The van der Waals surface area contributed by atoms with E-state index in [1.54, 1.807) is 23.9 Å². The molecule has 1 aliphatic rings. The average molecular weight is 252 g/mol. The summed E-state index contributed by atoms with van der Waals surface area (Å²) in [6.07, 6.45) is 2.53. The summed E-state index contributed by atoms with van der Waals surface area (Å²) in [5.74, 6) is 0.383. The third-order valence-electron chi connectivity index (χ3n) is 2.78. The van der Waals surface area contributed by atoms with E-state index in [0.717, 1.165) is 30.1 Å². The quantitative estimate of drug-likeness (QED) is 0.630. The average Bonchev–Trinajstić information content (AvgIpc) is 2.80. The van der Waals surface area contributed by atoms with E-state index in [2.05, 4.69) is 0 Å². The monoisotopic (exact) mass is 252 g/mol. The fourth-order valence-corrected chi connectivity index (χ4v) is 2.91. The lowest BCUT2D eigenvalue weighted by atomic mass is 10.2. The summed E-state index contributed by atoms with van der Waals surface area (Å²) in [5, 5.41) is 0. The number of rotatable bonds is 4. The molecule has 2 rings (SSSR count). The van der Waals surface area contributed by atoms with Crippen molar-refractivity contribution in [3.8, 4) is 0 Å². The first-order valence-electron chi connectivity index (χ1n) is 5.61. The molecule has 5 heteroatoms. The highest BCUT2D eigenvalue weighted by Gasteiger charge is 2.17. The van der Waals surface area contributed by atoms with E-state index in [4.69, 9.17) is 16.2 Å². The molecule has 1 atom stereocenters. The van der Waals surface area contributed by atoms with Gasteiger partial charge >= 0.3 is 0 Å². The van der Waals surface area contributed by atoms with E-state index in [0.29, 0.717) is 17.4 Å². The van der Waals surface area contributed by atoms with Crippen molar-refractivity contribution in [2.45, 2.75) is 23.8 Å². The molecule has 1 unspecified atom stereocenters. The van der Waals surface area contributed by atoms with Gasteiger partial charge in [-0.05, 0) is 25.0 Å². The summed E-state index contributed by atoms with van der Waals surface area (Å²) in [4.78, 5) is 12.0. The number of nitrogen functional groups attached to an aromatic ring is 1. The number of ether oxygens (including phenoxy) is 1. The second-order valence-electron chi connectivity index (χ2n) is 4.03. The molecule has 1 heterocycles. The minimum Gasteiger partial charge on any atom is -0.397 e. The van der Waals surface area contributed by atoms with Gasteiger partial charge < -0.3 is 16.2 Å². The molecule has 1 aromatic rings. The van der Waals surface area contributed by atoms with Gasteiger partial charge in [-0.3, -0.25) is 4.79 Å². The fraction of sp³-hybridized carbons (Fsp3) is 0.417. The lowest BCUT2D eigenvalue weighted by Crippen LogP contribution is -2.14. The number of hydrogen-bond acceptors (Lipinski definition) is 4. The van der Waals surface area contributed by atoms with Crippen LogP contribution in [0.15, 0.2) is 23.1 Å². The number of carbonyl (C=O) groups excluding carboxylic acids is 1. The molecule has 1 aromatic carbocycles. The highest BCUT2D eigenvalue weighted by atomic mass is 32.2. The van der Waals surface area contributed by atoms with Crippen LogP contribution in [0.5, 0.6) is 0 Å². The van der Waals surface area contributed by atoms with E-state index in [-0.39, 0.29) is 0 Å². The Kier molecular flexibility index (Phi) is 3.91. The Morgan fingerprint density at radius 3 is 3.00 bits per heavy atom. The molecule has 1 amide bonds. The molecule has 17 heavy (non-hydrogen) atoms. The maximum atomic E-state index is 11.1. The van der Waals surface area contributed by atoms with Crippen molar-refractivity contribution in [1.82, 2.24) is 0 Å². The van der Waals surface area contributed by atoms with Crippen LogP contribution in [0.4, 0.5) is 5.69 Å². The van der Waals surface area contributed by atoms with Gasteiger partial charge in [-0.2, -0.15) is 0 Å². The maximum absolute atomic E-state index is 11.1. The molecule has 4 N–H and O–H groups in total. The van der Waals surface area contributed by atoms with Crippen LogP contribution in [0.1, 0.15) is 23.2 Å². The number of carbonyl (C=O) groups is 1. The van der Waals surface area contributed by atoms with E-state index in [1.165, 1.54) is 0 Å². The number of thioether (sulfide) groups is 1. The zero-order chi connectivity index (χ0) is 12.3. The second-order valence-corrected chi connectivity index (χ2v) is 5.09. The lowest BCUT2D eigenvalue weighted by Gasteiger charge is -2.11. The molecule has 0 aromatic heterocycles. The topological polar surface area (TPSA) is 78.3 Å². The number of nitrogens with two attached hydrogens (primary N) is 2. The molecule has 0 saturated carbocycles. The van der Waals surface area contributed by atoms with Gasteiger partial charge in [0.25, 0.3) is 5.91 Å². The molecule has 1 saturated heterocycles. The number of para-hydroxylation sites is 1. The molecular formula is C12H16N2O2S. The summed E-state index contributed by atoms with van der Waals surface area (Å²) >= 11 is 1.62. The Balaban J connectivity index is 2.04. The van der Waals surface area contributed by atoms with E-state index in [9.17, 15) is 4.79 Å². The van der Waals surface area contributed by atoms with E-state index >= 15 is 0 Å². The van der Waals surface area contributed by atoms with Gasteiger partial charge in [0.1, 0.15) is 0 Å². The molecule has 92 valence electrons. The largest absolute Gasteiger partial charge is 0.397 e. The first-order valence-corrected chi connectivity index (χ1v) is 6.59. The van der Waals surface area contributed by atoms with Gasteiger partial charge in [0.2, 0.25) is 0 Å². The SMILES string of the molecule is NC(=O)c1cccc(SCC2CCCO2)c1N. The van der Waals surface area contributed by atoms with Gasteiger partial charge in [0, 0.05) is 17.3 Å². The van der Waals surface area contributed by atoms with Crippen LogP contribution in [0, 0.1) is 0 Å². The van der Waals surface area contributed by atoms with Crippen molar-refractivity contribution in [2.75, 3.05) is 18.1 Å². The van der Waals surface area contributed by atoms with Gasteiger partial charge in [-0.15, -0.1) is 11.8 Å². The molecule has 0 bridgehead atoms. The lowest BCUT2D eigenvalue weighted by molar-refractivity contribution is 0.100. The van der Waals surface area contributed by atoms with Crippen molar-refractivity contribution in [2.24, 2.45) is 5.73 Å². The zero-order valence-electron chi connectivity index (χ0n) is 9.52. The van der Waals surface area contributed by atoms with E-state index < -0.39 is 5.91 Å². The number of amides is 1. The van der Waals surface area contributed by atoms with Crippen LogP contribution < -0.4 is 11.5 Å². The Hall–Kier alpha value is -1.20. The number of primary amides is 1. The van der Waals surface area contributed by atoms with Crippen LogP contribution in [0.3, 0.4) is 0 Å². The fourth-order valence-electron chi connectivity index (χ4n) is 1.84. The minimum absolute atomic E-state index is 0.302. The van der Waals surface area contributed by atoms with Crippen molar-refractivity contribution < 1.29 is 9.53 Å². The first-order chi connectivity index (χ1) is 8.18. The molecule has 4 nitrogen and oxygen atoms in total. The van der Waals surface area contributed by atoms with Gasteiger partial charge in [-0.25, -0.2) is 0 Å².